The summed E-state index contributed by atoms with van der Waals surface area (Å²) in [6.45, 7) is 5.70. The first-order valence-electron chi connectivity index (χ1n) is 8.49. The van der Waals surface area contributed by atoms with Gasteiger partial charge in [-0.25, -0.2) is 4.98 Å². The van der Waals surface area contributed by atoms with Crippen molar-refractivity contribution in [1.29, 1.82) is 0 Å². The zero-order valence-electron chi connectivity index (χ0n) is 15.2. The molecule has 2 aromatic heterocycles. The van der Waals surface area contributed by atoms with Gasteiger partial charge in [-0.05, 0) is 67.8 Å². The maximum Gasteiger partial charge on any atom is 0.291 e. The minimum Gasteiger partial charge on any atom is -0.507 e. The van der Waals surface area contributed by atoms with Gasteiger partial charge in [0.05, 0.1) is 11.8 Å². The molecule has 2 aromatic carbocycles. The number of anilines is 1. The average Bonchev–Trinajstić information content (AvgIpc) is 3.27. The molecule has 0 aliphatic heterocycles. The second kappa shape index (κ2) is 6.32. The standard InChI is InChI=1S/C21H18N2O4/c1-11-7-13(3)19-16(8-11)23-21(27-19)15-10-14(9-12(2)18(15)24)22-20(25)17-5-4-6-26-17/h4-10,24H,1-3H3,(H,22,25). The van der Waals surface area contributed by atoms with Gasteiger partial charge in [0, 0.05) is 5.69 Å². The second-order valence-corrected chi connectivity index (χ2v) is 6.57. The summed E-state index contributed by atoms with van der Waals surface area (Å²) >= 11 is 0. The van der Waals surface area contributed by atoms with Crippen molar-refractivity contribution in [3.05, 3.63) is 65.1 Å². The molecule has 27 heavy (non-hydrogen) atoms. The van der Waals surface area contributed by atoms with E-state index in [-0.39, 0.29) is 17.4 Å². The van der Waals surface area contributed by atoms with E-state index in [1.807, 2.05) is 26.0 Å². The van der Waals surface area contributed by atoms with Crippen LogP contribution in [0.15, 0.2) is 51.5 Å². The van der Waals surface area contributed by atoms with Crippen molar-refractivity contribution in [2.75, 3.05) is 5.32 Å². The first-order chi connectivity index (χ1) is 12.9. The number of aromatic nitrogens is 1. The van der Waals surface area contributed by atoms with Gasteiger partial charge in [-0.3, -0.25) is 4.79 Å². The highest BCUT2D eigenvalue weighted by atomic mass is 16.4. The quantitative estimate of drug-likeness (QED) is 0.502. The number of oxazole rings is 1. The lowest BCUT2D eigenvalue weighted by molar-refractivity contribution is 0.0996. The third-order valence-electron chi connectivity index (χ3n) is 4.35. The minimum atomic E-state index is -0.375. The normalized spacial score (nSPS) is 11.1. The van der Waals surface area contributed by atoms with Gasteiger partial charge in [0.15, 0.2) is 11.3 Å². The molecule has 0 spiro atoms. The Kier molecular flexibility index (Phi) is 3.96. The summed E-state index contributed by atoms with van der Waals surface area (Å²) in [5.74, 6) is 0.190. The number of hydrogen-bond acceptors (Lipinski definition) is 5. The maximum atomic E-state index is 12.2. The van der Waals surface area contributed by atoms with E-state index in [0.29, 0.717) is 28.3 Å². The molecule has 6 heteroatoms. The van der Waals surface area contributed by atoms with Crippen LogP contribution in [0.1, 0.15) is 27.2 Å². The second-order valence-electron chi connectivity index (χ2n) is 6.57. The molecular weight excluding hydrogens is 344 g/mol. The Morgan fingerprint density at radius 1 is 1.11 bits per heavy atom. The van der Waals surface area contributed by atoms with Crippen molar-refractivity contribution in [3.8, 4) is 17.2 Å². The highest BCUT2D eigenvalue weighted by molar-refractivity contribution is 6.02. The van der Waals surface area contributed by atoms with Crippen molar-refractivity contribution in [1.82, 2.24) is 4.98 Å². The van der Waals surface area contributed by atoms with Crippen LogP contribution in [0.3, 0.4) is 0 Å². The molecule has 0 unspecified atom stereocenters. The summed E-state index contributed by atoms with van der Waals surface area (Å²) in [7, 11) is 0. The molecule has 4 rings (SSSR count). The maximum absolute atomic E-state index is 12.2. The number of nitrogens with zero attached hydrogens (tertiary/aromatic N) is 1. The molecule has 0 aliphatic rings. The van der Waals surface area contributed by atoms with Crippen molar-refractivity contribution >= 4 is 22.7 Å². The van der Waals surface area contributed by atoms with Gasteiger partial charge in [0.1, 0.15) is 11.3 Å². The van der Waals surface area contributed by atoms with Gasteiger partial charge in [0.25, 0.3) is 5.91 Å². The minimum absolute atomic E-state index is 0.0620. The molecule has 0 saturated heterocycles. The molecule has 0 saturated carbocycles. The van der Waals surface area contributed by atoms with Gasteiger partial charge >= 0.3 is 0 Å². The average molecular weight is 362 g/mol. The lowest BCUT2D eigenvalue weighted by Gasteiger charge is -2.09. The van der Waals surface area contributed by atoms with E-state index in [1.54, 1.807) is 31.2 Å². The molecule has 0 bridgehead atoms. The van der Waals surface area contributed by atoms with E-state index in [4.69, 9.17) is 8.83 Å². The van der Waals surface area contributed by atoms with E-state index < -0.39 is 0 Å². The van der Waals surface area contributed by atoms with E-state index >= 15 is 0 Å². The zero-order valence-corrected chi connectivity index (χ0v) is 15.2. The summed E-state index contributed by atoms with van der Waals surface area (Å²) in [5.41, 5.74) is 4.98. The molecule has 1 amide bonds. The molecule has 0 atom stereocenters. The number of carbonyl (C=O) groups is 1. The number of furan rings is 1. The Morgan fingerprint density at radius 3 is 2.67 bits per heavy atom. The van der Waals surface area contributed by atoms with Crippen molar-refractivity contribution in [2.24, 2.45) is 0 Å². The van der Waals surface area contributed by atoms with E-state index in [9.17, 15) is 9.90 Å². The highest BCUT2D eigenvalue weighted by Gasteiger charge is 2.18. The molecule has 0 fully saturated rings. The third-order valence-corrected chi connectivity index (χ3v) is 4.35. The van der Waals surface area contributed by atoms with Crippen molar-refractivity contribution in [2.45, 2.75) is 20.8 Å². The molecule has 136 valence electrons. The number of hydrogen-bond donors (Lipinski definition) is 2. The van der Waals surface area contributed by atoms with Crippen molar-refractivity contribution in [3.63, 3.8) is 0 Å². The van der Waals surface area contributed by atoms with E-state index in [1.165, 1.54) is 6.26 Å². The van der Waals surface area contributed by atoms with Crippen LogP contribution in [0.25, 0.3) is 22.6 Å². The van der Waals surface area contributed by atoms with Gasteiger partial charge < -0.3 is 19.3 Å². The lowest BCUT2D eigenvalue weighted by atomic mass is 10.1. The topological polar surface area (TPSA) is 88.5 Å². The number of nitrogens with one attached hydrogen (secondary N) is 1. The fourth-order valence-corrected chi connectivity index (χ4v) is 3.11. The summed E-state index contributed by atoms with van der Waals surface area (Å²) in [6, 6.07) is 10.5. The van der Waals surface area contributed by atoms with Crippen LogP contribution in [-0.2, 0) is 0 Å². The first-order valence-corrected chi connectivity index (χ1v) is 8.49. The summed E-state index contributed by atoms with van der Waals surface area (Å²) in [4.78, 5) is 16.8. The predicted octanol–water partition coefficient (Wildman–Crippen LogP) is 4.97. The Labute approximate surface area is 155 Å². The van der Waals surface area contributed by atoms with Crippen LogP contribution < -0.4 is 5.32 Å². The van der Waals surface area contributed by atoms with Gasteiger partial charge in [-0.2, -0.15) is 0 Å². The molecular formula is C21H18N2O4. The number of aryl methyl sites for hydroxylation is 3. The summed E-state index contributed by atoms with van der Waals surface area (Å²) < 4.78 is 11.0. The predicted molar refractivity (Wildman–Crippen MR) is 102 cm³/mol. The van der Waals surface area contributed by atoms with Gasteiger partial charge in [0.2, 0.25) is 5.89 Å². The molecule has 2 heterocycles. The van der Waals surface area contributed by atoms with Crippen LogP contribution >= 0.6 is 0 Å². The van der Waals surface area contributed by atoms with Gasteiger partial charge in [-0.1, -0.05) is 6.07 Å². The number of benzene rings is 2. The van der Waals surface area contributed by atoms with Crippen LogP contribution in [-0.4, -0.2) is 16.0 Å². The van der Waals surface area contributed by atoms with Crippen LogP contribution in [0, 0.1) is 20.8 Å². The number of amides is 1. The molecule has 0 aliphatic carbocycles. The van der Waals surface area contributed by atoms with Crippen LogP contribution in [0.5, 0.6) is 5.75 Å². The Hall–Kier alpha value is -3.54. The van der Waals surface area contributed by atoms with E-state index in [0.717, 1.165) is 16.6 Å². The summed E-state index contributed by atoms with van der Waals surface area (Å²) in [5, 5.41) is 13.3. The molecule has 0 radical (unpaired) electrons. The third kappa shape index (κ3) is 3.06. The fourth-order valence-electron chi connectivity index (χ4n) is 3.11. The number of phenols is 1. The Morgan fingerprint density at radius 2 is 1.93 bits per heavy atom. The molecule has 2 N–H and O–H groups in total. The van der Waals surface area contributed by atoms with Gasteiger partial charge in [-0.15, -0.1) is 0 Å². The first kappa shape index (κ1) is 16.9. The lowest BCUT2D eigenvalue weighted by Crippen LogP contribution is -2.11. The van der Waals surface area contributed by atoms with Crippen LogP contribution in [0.4, 0.5) is 5.69 Å². The zero-order chi connectivity index (χ0) is 19.1. The number of aromatic hydroxyl groups is 1. The smallest absolute Gasteiger partial charge is 0.291 e. The highest BCUT2D eigenvalue weighted by Crippen LogP contribution is 2.36. The number of carbonyl (C=O) groups excluding carboxylic acids is 1. The number of rotatable bonds is 3. The SMILES string of the molecule is Cc1cc(C)c2oc(-c3cc(NC(=O)c4ccco4)cc(C)c3O)nc2c1. The molecule has 6 nitrogen and oxygen atoms in total. The van der Waals surface area contributed by atoms with Crippen LogP contribution in [0.2, 0.25) is 0 Å². The number of phenolic OH excluding ortho intramolecular Hbond substituents is 1. The fraction of sp³-hybridized carbons (Fsp3) is 0.143. The molecule has 4 aromatic rings. The van der Waals surface area contributed by atoms with E-state index in [2.05, 4.69) is 10.3 Å². The Bertz CT molecular complexity index is 1160. The van der Waals surface area contributed by atoms with Crippen molar-refractivity contribution < 1.29 is 18.7 Å². The Balaban J connectivity index is 1.77. The number of fused-ring (bicyclic) bond motifs is 1. The summed E-state index contributed by atoms with van der Waals surface area (Å²) in [6.07, 6.45) is 1.44. The monoisotopic (exact) mass is 362 g/mol. The largest absolute Gasteiger partial charge is 0.507 e.